The minimum Gasteiger partial charge on any atom is -0.479 e. The lowest BCUT2D eigenvalue weighted by atomic mass is 9.92. The summed E-state index contributed by atoms with van der Waals surface area (Å²) in [7, 11) is 1.66. The number of rotatable bonds is 5. The summed E-state index contributed by atoms with van der Waals surface area (Å²) in [6, 6.07) is 7.67. The van der Waals surface area contributed by atoms with Crippen molar-refractivity contribution in [3.05, 3.63) is 24.3 Å². The van der Waals surface area contributed by atoms with Crippen molar-refractivity contribution in [2.75, 3.05) is 44.8 Å². The number of anilines is 1. The molecule has 1 atom stereocenters. The smallest absolute Gasteiger partial charge is 0.267 e. The van der Waals surface area contributed by atoms with Crippen molar-refractivity contribution < 1.29 is 19.4 Å². The summed E-state index contributed by atoms with van der Waals surface area (Å²) >= 11 is 0. The van der Waals surface area contributed by atoms with Gasteiger partial charge in [-0.3, -0.25) is 4.79 Å². The number of nitrogens with zero attached hydrogens (tertiary/aromatic N) is 2. The molecule has 0 aromatic heterocycles. The molecule has 1 amide bonds. The number of ether oxygens (including phenoxy) is 2. The molecule has 1 N–H and O–H groups in total. The van der Waals surface area contributed by atoms with Crippen molar-refractivity contribution >= 4 is 11.6 Å². The number of hydrogen-bond donors (Lipinski definition) is 1. The van der Waals surface area contributed by atoms with Crippen LogP contribution in [-0.4, -0.2) is 67.5 Å². The Morgan fingerprint density at radius 2 is 2.00 bits per heavy atom. The number of para-hydroxylation sites is 2. The molecule has 0 saturated carbocycles. The van der Waals surface area contributed by atoms with E-state index in [2.05, 4.69) is 4.90 Å². The number of hydrogen-bond acceptors (Lipinski definition) is 5. The first-order valence-electron chi connectivity index (χ1n) is 8.54. The molecule has 1 aromatic rings. The van der Waals surface area contributed by atoms with E-state index in [1.165, 1.54) is 0 Å². The van der Waals surface area contributed by atoms with Gasteiger partial charge < -0.3 is 24.4 Å². The maximum atomic E-state index is 12.5. The molecule has 24 heavy (non-hydrogen) atoms. The maximum absolute atomic E-state index is 12.5. The van der Waals surface area contributed by atoms with Crippen LogP contribution in [0.5, 0.6) is 5.75 Å². The summed E-state index contributed by atoms with van der Waals surface area (Å²) in [5.74, 6) is 0.772. The van der Waals surface area contributed by atoms with Crippen LogP contribution in [0.3, 0.4) is 0 Å². The Morgan fingerprint density at radius 3 is 2.67 bits per heavy atom. The van der Waals surface area contributed by atoms with Gasteiger partial charge in [0.1, 0.15) is 5.75 Å². The Kier molecular flexibility index (Phi) is 5.08. The van der Waals surface area contributed by atoms with Crippen LogP contribution >= 0.6 is 0 Å². The van der Waals surface area contributed by atoms with E-state index in [4.69, 9.17) is 9.47 Å². The second-order valence-corrected chi connectivity index (χ2v) is 6.60. The van der Waals surface area contributed by atoms with Gasteiger partial charge in [0, 0.05) is 33.3 Å². The fourth-order valence-electron chi connectivity index (χ4n) is 3.44. The van der Waals surface area contributed by atoms with Crippen LogP contribution < -0.4 is 9.64 Å². The average molecular weight is 334 g/mol. The second-order valence-electron chi connectivity index (χ2n) is 6.60. The molecule has 3 rings (SSSR count). The van der Waals surface area contributed by atoms with Crippen LogP contribution in [0.25, 0.3) is 0 Å². The van der Waals surface area contributed by atoms with Crippen molar-refractivity contribution in [2.45, 2.75) is 31.5 Å². The van der Waals surface area contributed by atoms with Crippen molar-refractivity contribution in [3.8, 4) is 5.75 Å². The van der Waals surface area contributed by atoms with Crippen LogP contribution in [0.1, 0.15) is 19.8 Å². The van der Waals surface area contributed by atoms with E-state index in [1.807, 2.05) is 29.2 Å². The molecule has 6 heteroatoms. The Hall–Kier alpha value is -1.63. The number of carbonyl (C=O) groups is 1. The van der Waals surface area contributed by atoms with Gasteiger partial charge in [-0.1, -0.05) is 12.1 Å². The molecule has 1 saturated heterocycles. The maximum Gasteiger partial charge on any atom is 0.267 e. The zero-order chi connectivity index (χ0) is 17.2. The summed E-state index contributed by atoms with van der Waals surface area (Å²) in [5, 5.41) is 9.52. The largest absolute Gasteiger partial charge is 0.479 e. The Balaban J connectivity index is 1.62. The number of aliphatic hydroxyl groups is 1. The molecule has 1 fully saturated rings. The molecular formula is C18H26N2O4. The van der Waals surface area contributed by atoms with E-state index in [9.17, 15) is 9.90 Å². The average Bonchev–Trinajstić information content (AvgIpc) is 2.63. The van der Waals surface area contributed by atoms with E-state index in [-0.39, 0.29) is 12.5 Å². The minimum absolute atomic E-state index is 0.00676. The van der Waals surface area contributed by atoms with Gasteiger partial charge >= 0.3 is 0 Å². The lowest BCUT2D eigenvalue weighted by Gasteiger charge is -2.40. The molecule has 2 aliphatic heterocycles. The Morgan fingerprint density at radius 1 is 1.29 bits per heavy atom. The van der Waals surface area contributed by atoms with E-state index in [0.29, 0.717) is 6.54 Å². The number of piperidine rings is 1. The zero-order valence-corrected chi connectivity index (χ0v) is 14.4. The van der Waals surface area contributed by atoms with Gasteiger partial charge in [-0.05, 0) is 31.9 Å². The number of carbonyl (C=O) groups excluding carboxylic acids is 1. The van der Waals surface area contributed by atoms with Gasteiger partial charge in [-0.25, -0.2) is 0 Å². The highest BCUT2D eigenvalue weighted by atomic mass is 16.5. The fraction of sp³-hybridized carbons (Fsp3) is 0.611. The Bertz CT molecular complexity index is 578. The lowest BCUT2D eigenvalue weighted by molar-refractivity contribution is -0.125. The number of amides is 1. The summed E-state index contributed by atoms with van der Waals surface area (Å²) in [6.45, 7) is 5.03. The molecule has 0 bridgehead atoms. The summed E-state index contributed by atoms with van der Waals surface area (Å²) in [4.78, 5) is 16.6. The van der Waals surface area contributed by atoms with Crippen LogP contribution in [0.15, 0.2) is 24.3 Å². The van der Waals surface area contributed by atoms with Crippen LogP contribution in [0, 0.1) is 0 Å². The van der Waals surface area contributed by atoms with Crippen LogP contribution in [0.4, 0.5) is 5.69 Å². The van der Waals surface area contributed by atoms with E-state index >= 15 is 0 Å². The molecule has 132 valence electrons. The van der Waals surface area contributed by atoms with Crippen LogP contribution in [0.2, 0.25) is 0 Å². The third kappa shape index (κ3) is 3.27. The van der Waals surface area contributed by atoms with Crippen molar-refractivity contribution in [1.29, 1.82) is 0 Å². The summed E-state index contributed by atoms with van der Waals surface area (Å²) in [6.07, 6.45) is 1.17. The monoisotopic (exact) mass is 334 g/mol. The molecule has 6 nitrogen and oxygen atoms in total. The van der Waals surface area contributed by atoms with Crippen molar-refractivity contribution in [2.24, 2.45) is 0 Å². The predicted molar refractivity (Wildman–Crippen MR) is 91.4 cm³/mol. The van der Waals surface area contributed by atoms with Crippen molar-refractivity contribution in [1.82, 2.24) is 4.90 Å². The van der Waals surface area contributed by atoms with Gasteiger partial charge in [0.15, 0.2) is 6.10 Å². The third-order valence-corrected chi connectivity index (χ3v) is 5.20. The van der Waals surface area contributed by atoms with E-state index < -0.39 is 11.7 Å². The number of fused-ring (bicyclic) bond motifs is 1. The normalized spacial score (nSPS) is 23.7. The van der Waals surface area contributed by atoms with Crippen molar-refractivity contribution in [3.63, 3.8) is 0 Å². The summed E-state index contributed by atoms with van der Waals surface area (Å²) in [5.41, 5.74) is 0.450. The first kappa shape index (κ1) is 17.2. The highest BCUT2D eigenvalue weighted by molar-refractivity contribution is 5.99. The number of methoxy groups -OCH3 is 1. The van der Waals surface area contributed by atoms with E-state index in [1.54, 1.807) is 14.0 Å². The SMILES string of the molecule is COC1(CO)CCN(CCN2C(=O)C(C)Oc3ccccc32)CC1. The molecule has 0 aliphatic carbocycles. The first-order chi connectivity index (χ1) is 11.6. The van der Waals surface area contributed by atoms with Crippen LogP contribution in [-0.2, 0) is 9.53 Å². The standard InChI is InChI=1S/C18H26N2O4/c1-14-17(22)20(15-5-3-4-6-16(15)24-14)12-11-19-9-7-18(13-21,23-2)8-10-19/h3-6,14,21H,7-13H2,1-2H3. The molecule has 1 unspecified atom stereocenters. The Labute approximate surface area is 143 Å². The van der Waals surface area contributed by atoms with Gasteiger partial charge in [-0.15, -0.1) is 0 Å². The predicted octanol–water partition coefficient (Wildman–Crippen LogP) is 1.27. The minimum atomic E-state index is -0.447. The molecule has 0 radical (unpaired) electrons. The second kappa shape index (κ2) is 7.09. The number of aliphatic hydroxyl groups excluding tert-OH is 1. The fourth-order valence-corrected chi connectivity index (χ4v) is 3.44. The molecule has 0 spiro atoms. The van der Waals surface area contributed by atoms with Gasteiger partial charge in [0.05, 0.1) is 17.9 Å². The molecular weight excluding hydrogens is 308 g/mol. The highest BCUT2D eigenvalue weighted by Crippen LogP contribution is 2.33. The third-order valence-electron chi connectivity index (χ3n) is 5.20. The van der Waals surface area contributed by atoms with E-state index in [0.717, 1.165) is 43.9 Å². The lowest BCUT2D eigenvalue weighted by Crippen LogP contribution is -2.51. The number of likely N-dealkylation sites (tertiary alicyclic amines) is 1. The highest BCUT2D eigenvalue weighted by Gasteiger charge is 2.35. The van der Waals surface area contributed by atoms with Gasteiger partial charge in [0.25, 0.3) is 5.91 Å². The molecule has 2 aliphatic rings. The summed E-state index contributed by atoms with van der Waals surface area (Å²) < 4.78 is 11.2. The van der Waals surface area contributed by atoms with Gasteiger partial charge in [-0.2, -0.15) is 0 Å². The molecule has 2 heterocycles. The quantitative estimate of drug-likeness (QED) is 0.879. The number of benzene rings is 1. The zero-order valence-electron chi connectivity index (χ0n) is 14.4. The topological polar surface area (TPSA) is 62.2 Å². The molecule has 1 aromatic carbocycles. The van der Waals surface area contributed by atoms with Gasteiger partial charge in [0.2, 0.25) is 0 Å². The first-order valence-corrected chi connectivity index (χ1v) is 8.54.